The average molecular weight is 482 g/mol. The summed E-state index contributed by atoms with van der Waals surface area (Å²) in [4.78, 5) is 32.2. The lowest BCUT2D eigenvalue weighted by molar-refractivity contribution is -0.129. The van der Waals surface area contributed by atoms with Crippen LogP contribution in [-0.4, -0.2) is 27.1 Å². The van der Waals surface area contributed by atoms with Crippen molar-refractivity contribution in [1.29, 1.82) is 0 Å². The van der Waals surface area contributed by atoms with Crippen LogP contribution in [0, 0.1) is 12.7 Å². The van der Waals surface area contributed by atoms with Gasteiger partial charge in [0.1, 0.15) is 11.1 Å². The van der Waals surface area contributed by atoms with Crippen molar-refractivity contribution < 1.29 is 14.0 Å². The van der Waals surface area contributed by atoms with E-state index in [0.717, 1.165) is 11.1 Å². The van der Waals surface area contributed by atoms with Crippen molar-refractivity contribution in [3.05, 3.63) is 94.8 Å². The lowest BCUT2D eigenvalue weighted by Crippen LogP contribution is -2.44. The number of halogens is 2. The summed E-state index contributed by atoms with van der Waals surface area (Å²) < 4.78 is 13.3. The molecule has 1 heterocycles. The minimum Gasteiger partial charge on any atom is -0.325 e. The summed E-state index contributed by atoms with van der Waals surface area (Å²) in [6.45, 7) is 2.23. The van der Waals surface area contributed by atoms with E-state index in [2.05, 4.69) is 10.3 Å². The molecule has 1 fully saturated rings. The smallest absolute Gasteiger partial charge is 0.238 e. The highest BCUT2D eigenvalue weighted by Gasteiger charge is 2.36. The molecule has 0 bridgehead atoms. The van der Waals surface area contributed by atoms with Crippen LogP contribution >= 0.6 is 23.4 Å². The summed E-state index contributed by atoms with van der Waals surface area (Å²) in [6.07, 6.45) is 0.0400. The Balaban J connectivity index is 1.59. The van der Waals surface area contributed by atoms with Crippen molar-refractivity contribution in [2.75, 3.05) is 5.32 Å². The number of carbonyl (C=O) groups excluding carboxylic acids is 2. The maximum absolute atomic E-state index is 13.3. The third kappa shape index (κ3) is 6.00. The van der Waals surface area contributed by atoms with Gasteiger partial charge in [0, 0.05) is 17.1 Å². The molecule has 5 nitrogen and oxygen atoms in total. The maximum atomic E-state index is 13.3. The van der Waals surface area contributed by atoms with E-state index >= 15 is 0 Å². The van der Waals surface area contributed by atoms with Gasteiger partial charge in [-0.05, 0) is 66.6 Å². The molecule has 0 radical (unpaired) electrons. The van der Waals surface area contributed by atoms with Crippen LogP contribution < -0.4 is 5.32 Å². The lowest BCUT2D eigenvalue weighted by Gasteiger charge is -2.32. The number of carbonyl (C=O) groups is 2. The van der Waals surface area contributed by atoms with Crippen LogP contribution in [0.15, 0.2) is 77.8 Å². The molecular formula is C25H21ClFN3O2S. The number of aryl methyl sites for hydroxylation is 1. The van der Waals surface area contributed by atoms with E-state index < -0.39 is 5.25 Å². The minimum absolute atomic E-state index is 0.0400. The van der Waals surface area contributed by atoms with Gasteiger partial charge in [0.15, 0.2) is 5.17 Å². The number of thioether (sulfide) groups is 1. The topological polar surface area (TPSA) is 61.8 Å². The largest absolute Gasteiger partial charge is 0.325 e. The van der Waals surface area contributed by atoms with Crippen LogP contribution in [0.1, 0.15) is 17.5 Å². The van der Waals surface area contributed by atoms with E-state index in [0.29, 0.717) is 21.6 Å². The Bertz CT molecular complexity index is 1200. The second kappa shape index (κ2) is 10.2. The normalized spacial score (nSPS) is 17.3. The number of amidine groups is 1. The van der Waals surface area contributed by atoms with Gasteiger partial charge < -0.3 is 5.32 Å². The van der Waals surface area contributed by atoms with Crippen molar-refractivity contribution in [3.8, 4) is 0 Å². The van der Waals surface area contributed by atoms with Crippen molar-refractivity contribution >= 4 is 51.7 Å². The van der Waals surface area contributed by atoms with Gasteiger partial charge >= 0.3 is 0 Å². The van der Waals surface area contributed by atoms with Gasteiger partial charge in [0.05, 0.1) is 12.2 Å². The molecule has 3 aromatic rings. The molecule has 0 spiro atoms. The lowest BCUT2D eigenvalue weighted by atomic mass is 10.2. The highest BCUT2D eigenvalue weighted by molar-refractivity contribution is 8.15. The van der Waals surface area contributed by atoms with Crippen molar-refractivity contribution in [1.82, 2.24) is 4.90 Å². The molecule has 4 rings (SSSR count). The first-order valence-corrected chi connectivity index (χ1v) is 11.6. The fraction of sp³-hybridized carbons (Fsp3) is 0.160. The van der Waals surface area contributed by atoms with Crippen LogP contribution in [0.4, 0.5) is 15.8 Å². The van der Waals surface area contributed by atoms with Crippen LogP contribution in [0.5, 0.6) is 0 Å². The van der Waals surface area contributed by atoms with Crippen molar-refractivity contribution in [2.24, 2.45) is 4.99 Å². The van der Waals surface area contributed by atoms with E-state index in [-0.39, 0.29) is 30.6 Å². The zero-order valence-corrected chi connectivity index (χ0v) is 19.4. The van der Waals surface area contributed by atoms with Gasteiger partial charge in [-0.25, -0.2) is 9.38 Å². The first-order valence-electron chi connectivity index (χ1n) is 10.3. The standard InChI is InChI=1S/C25H21ClFN3O2S/c1-16-3-2-4-21(13-16)28-24(32)22-14-23(31)30(15-17-5-7-18(26)8-6-17)25(33-22)29-20-11-9-19(27)10-12-20/h2-13,22H,14-15H2,1H3,(H,28,32)/t22-/m1/s1. The zero-order valence-electron chi connectivity index (χ0n) is 17.8. The van der Waals surface area contributed by atoms with Gasteiger partial charge in [-0.2, -0.15) is 0 Å². The maximum Gasteiger partial charge on any atom is 0.238 e. The van der Waals surface area contributed by atoms with Crippen LogP contribution in [0.3, 0.4) is 0 Å². The van der Waals surface area contributed by atoms with Gasteiger partial charge in [-0.1, -0.05) is 47.6 Å². The van der Waals surface area contributed by atoms with E-state index in [1.807, 2.05) is 37.3 Å². The molecule has 0 aromatic heterocycles. The fourth-order valence-electron chi connectivity index (χ4n) is 3.34. The molecule has 8 heteroatoms. The number of benzene rings is 3. The Morgan fingerprint density at radius 1 is 1.15 bits per heavy atom. The zero-order chi connectivity index (χ0) is 23.4. The summed E-state index contributed by atoms with van der Waals surface area (Å²) >= 11 is 7.20. The number of amides is 2. The van der Waals surface area contributed by atoms with Crippen molar-refractivity contribution in [2.45, 2.75) is 25.1 Å². The molecule has 2 amide bonds. The number of anilines is 1. The Morgan fingerprint density at radius 2 is 1.88 bits per heavy atom. The molecule has 168 valence electrons. The molecule has 1 saturated heterocycles. The quantitative estimate of drug-likeness (QED) is 0.490. The Hall–Kier alpha value is -3.16. The number of rotatable bonds is 5. The average Bonchev–Trinajstić information content (AvgIpc) is 2.78. The van der Waals surface area contributed by atoms with Gasteiger partial charge in [-0.15, -0.1) is 0 Å². The van der Waals surface area contributed by atoms with Gasteiger partial charge in [0.25, 0.3) is 0 Å². The van der Waals surface area contributed by atoms with Gasteiger partial charge in [0.2, 0.25) is 11.8 Å². The predicted molar refractivity (Wildman–Crippen MR) is 131 cm³/mol. The molecule has 1 atom stereocenters. The molecule has 0 unspecified atom stereocenters. The Kier molecular flexibility index (Phi) is 7.11. The Labute approximate surface area is 200 Å². The number of nitrogens with zero attached hydrogens (tertiary/aromatic N) is 2. The second-order valence-corrected chi connectivity index (χ2v) is 9.25. The number of aliphatic imine (C=N–C) groups is 1. The van der Waals surface area contributed by atoms with Crippen LogP contribution in [0.2, 0.25) is 5.02 Å². The molecule has 0 aliphatic carbocycles. The number of hydrogen-bond donors (Lipinski definition) is 1. The second-order valence-electron chi connectivity index (χ2n) is 7.65. The Morgan fingerprint density at radius 3 is 2.58 bits per heavy atom. The first kappa shape index (κ1) is 23.0. The fourth-order valence-corrected chi connectivity index (χ4v) is 4.56. The van der Waals surface area contributed by atoms with Gasteiger partial charge in [-0.3, -0.25) is 14.5 Å². The summed E-state index contributed by atoms with van der Waals surface area (Å²) in [6, 6.07) is 20.3. The van der Waals surface area contributed by atoms with E-state index in [1.54, 1.807) is 23.1 Å². The van der Waals surface area contributed by atoms with Crippen LogP contribution in [-0.2, 0) is 16.1 Å². The summed E-state index contributed by atoms with van der Waals surface area (Å²) in [5.74, 6) is -0.856. The third-order valence-corrected chi connectivity index (χ3v) is 6.46. The number of nitrogens with one attached hydrogen (secondary N) is 1. The van der Waals surface area contributed by atoms with Crippen LogP contribution in [0.25, 0.3) is 0 Å². The molecule has 0 saturated carbocycles. The first-order chi connectivity index (χ1) is 15.9. The molecular weight excluding hydrogens is 461 g/mol. The van der Waals surface area contributed by atoms with E-state index in [9.17, 15) is 14.0 Å². The molecule has 1 N–H and O–H groups in total. The molecule has 33 heavy (non-hydrogen) atoms. The molecule has 1 aliphatic heterocycles. The molecule has 3 aromatic carbocycles. The summed E-state index contributed by atoms with van der Waals surface area (Å²) in [5.41, 5.74) is 3.07. The number of hydrogen-bond acceptors (Lipinski definition) is 4. The highest BCUT2D eigenvalue weighted by Crippen LogP contribution is 2.31. The third-order valence-electron chi connectivity index (χ3n) is 5.02. The molecule has 1 aliphatic rings. The van der Waals surface area contributed by atoms with E-state index in [4.69, 9.17) is 11.6 Å². The minimum atomic E-state index is -0.640. The van der Waals surface area contributed by atoms with E-state index in [1.165, 1.54) is 36.0 Å². The monoisotopic (exact) mass is 481 g/mol. The predicted octanol–water partition coefficient (Wildman–Crippen LogP) is 5.95. The summed E-state index contributed by atoms with van der Waals surface area (Å²) in [7, 11) is 0. The highest BCUT2D eigenvalue weighted by atomic mass is 35.5. The van der Waals surface area contributed by atoms with Crippen molar-refractivity contribution in [3.63, 3.8) is 0 Å². The summed E-state index contributed by atoms with van der Waals surface area (Å²) in [5, 5.41) is 3.24. The SMILES string of the molecule is Cc1cccc(NC(=O)[C@H]2CC(=O)N(Cc3ccc(Cl)cc3)C(=Nc3ccc(F)cc3)S2)c1.